The predicted molar refractivity (Wildman–Crippen MR) is 125 cm³/mol. The number of furan rings is 1. The number of rotatable bonds is 6. The summed E-state index contributed by atoms with van der Waals surface area (Å²) >= 11 is 0. The number of hydrogen-bond donors (Lipinski definition) is 0. The molecular formula is C24H23ClF2N6O2. The number of aromatic nitrogens is 4. The number of hydrogen-bond acceptors (Lipinski definition) is 6. The third-order valence-electron chi connectivity index (χ3n) is 5.93. The fraction of sp³-hybridized carbons (Fsp3) is 0.250. The van der Waals surface area contributed by atoms with Crippen molar-refractivity contribution in [3.8, 4) is 0 Å². The Bertz CT molecular complexity index is 1240. The molecule has 0 aliphatic carbocycles. The second-order valence-corrected chi connectivity index (χ2v) is 8.08. The molecule has 1 aliphatic heterocycles. The minimum atomic E-state index is -0.350. The summed E-state index contributed by atoms with van der Waals surface area (Å²) in [6.07, 6.45) is 1.48. The molecular weight excluding hydrogens is 478 g/mol. The van der Waals surface area contributed by atoms with Crippen LogP contribution in [0.2, 0.25) is 0 Å². The number of carbonyl (C=O) groups excluding carboxylic acids is 1. The van der Waals surface area contributed by atoms with Crippen LogP contribution in [0.15, 0.2) is 71.3 Å². The Morgan fingerprint density at radius 1 is 0.943 bits per heavy atom. The number of halogens is 3. The quantitative estimate of drug-likeness (QED) is 0.403. The van der Waals surface area contributed by atoms with Crippen LogP contribution in [0, 0.1) is 11.6 Å². The Balaban J connectivity index is 0.00000289. The minimum absolute atomic E-state index is 0. The van der Waals surface area contributed by atoms with Gasteiger partial charge in [-0.1, -0.05) is 24.3 Å². The molecule has 3 heterocycles. The number of nitrogens with zero attached hydrogens (tertiary/aromatic N) is 6. The first-order valence-corrected chi connectivity index (χ1v) is 10.9. The Labute approximate surface area is 206 Å². The van der Waals surface area contributed by atoms with Crippen LogP contribution < -0.4 is 0 Å². The molecule has 1 aliphatic rings. The maximum atomic E-state index is 13.7. The van der Waals surface area contributed by atoms with Crippen molar-refractivity contribution in [2.45, 2.75) is 12.6 Å². The van der Waals surface area contributed by atoms with E-state index in [1.165, 1.54) is 30.5 Å². The zero-order valence-electron chi connectivity index (χ0n) is 18.6. The molecule has 8 nitrogen and oxygen atoms in total. The lowest BCUT2D eigenvalue weighted by molar-refractivity contribution is 0.0559. The first-order chi connectivity index (χ1) is 16.6. The van der Waals surface area contributed by atoms with Crippen LogP contribution >= 0.6 is 12.4 Å². The van der Waals surface area contributed by atoms with Gasteiger partial charge in [-0.3, -0.25) is 9.69 Å². The highest BCUT2D eigenvalue weighted by Crippen LogP contribution is 2.29. The lowest BCUT2D eigenvalue weighted by atomic mass is 10.0. The summed E-state index contributed by atoms with van der Waals surface area (Å²) in [5, 5.41) is 12.3. The lowest BCUT2D eigenvalue weighted by Crippen LogP contribution is -2.50. The summed E-state index contributed by atoms with van der Waals surface area (Å²) in [5.74, 6) is 0.103. The highest BCUT2D eigenvalue weighted by atomic mass is 35.5. The molecule has 35 heavy (non-hydrogen) atoms. The van der Waals surface area contributed by atoms with Gasteiger partial charge in [0.15, 0.2) is 11.6 Å². The van der Waals surface area contributed by atoms with Gasteiger partial charge in [0, 0.05) is 26.2 Å². The molecule has 2 aromatic carbocycles. The standard InChI is InChI=1S/C24H22F2N6O2.ClH/c25-19-7-3-17(4-8-19)16-32-23(27-28-29-32)22(18-5-9-20(26)10-6-18)30-11-13-31(14-12-30)24(33)21-2-1-15-34-21;/h1-10,15,22H,11-14,16H2;1H. The third kappa shape index (κ3) is 5.39. The van der Waals surface area contributed by atoms with E-state index >= 15 is 0 Å². The normalized spacial score (nSPS) is 15.0. The van der Waals surface area contributed by atoms with E-state index in [1.54, 1.807) is 46.0 Å². The number of carbonyl (C=O) groups is 1. The van der Waals surface area contributed by atoms with E-state index < -0.39 is 0 Å². The number of benzene rings is 2. The van der Waals surface area contributed by atoms with Gasteiger partial charge in [0.25, 0.3) is 5.91 Å². The monoisotopic (exact) mass is 500 g/mol. The highest BCUT2D eigenvalue weighted by molar-refractivity contribution is 5.91. The molecule has 2 aromatic heterocycles. The van der Waals surface area contributed by atoms with Crippen molar-refractivity contribution in [2.24, 2.45) is 0 Å². The van der Waals surface area contributed by atoms with Crippen LogP contribution in [0.3, 0.4) is 0 Å². The minimum Gasteiger partial charge on any atom is -0.459 e. The smallest absolute Gasteiger partial charge is 0.289 e. The van der Waals surface area contributed by atoms with Crippen molar-refractivity contribution in [3.05, 3.63) is 101 Å². The van der Waals surface area contributed by atoms with Crippen molar-refractivity contribution in [1.82, 2.24) is 30.0 Å². The average Bonchev–Trinajstić information content (AvgIpc) is 3.55. The topological polar surface area (TPSA) is 80.3 Å². The zero-order chi connectivity index (χ0) is 23.5. The maximum Gasteiger partial charge on any atom is 0.289 e. The molecule has 1 amide bonds. The zero-order valence-corrected chi connectivity index (χ0v) is 19.4. The van der Waals surface area contributed by atoms with Gasteiger partial charge in [-0.2, -0.15) is 0 Å². The molecule has 5 rings (SSSR count). The summed E-state index contributed by atoms with van der Waals surface area (Å²) in [4.78, 5) is 16.6. The molecule has 0 bridgehead atoms. The summed E-state index contributed by atoms with van der Waals surface area (Å²) in [7, 11) is 0. The molecule has 0 saturated carbocycles. The Morgan fingerprint density at radius 3 is 2.23 bits per heavy atom. The predicted octanol–water partition coefficient (Wildman–Crippen LogP) is 3.56. The summed E-state index contributed by atoms with van der Waals surface area (Å²) in [6.45, 7) is 2.49. The molecule has 182 valence electrons. The van der Waals surface area contributed by atoms with Crippen molar-refractivity contribution < 1.29 is 18.0 Å². The van der Waals surface area contributed by atoms with Gasteiger partial charge in [0.2, 0.25) is 0 Å². The van der Waals surface area contributed by atoms with Crippen LogP contribution in [0.1, 0.15) is 33.5 Å². The lowest BCUT2D eigenvalue weighted by Gasteiger charge is -2.38. The first kappa shape index (κ1) is 24.5. The summed E-state index contributed by atoms with van der Waals surface area (Å²) in [6, 6.07) is 15.4. The second-order valence-electron chi connectivity index (χ2n) is 8.08. The highest BCUT2D eigenvalue weighted by Gasteiger charge is 2.32. The Hall–Kier alpha value is -3.63. The second kappa shape index (κ2) is 10.7. The van der Waals surface area contributed by atoms with Crippen molar-refractivity contribution >= 4 is 18.3 Å². The Morgan fingerprint density at radius 2 is 1.60 bits per heavy atom. The molecule has 4 aromatic rings. The maximum absolute atomic E-state index is 13.7. The molecule has 0 radical (unpaired) electrons. The van der Waals surface area contributed by atoms with Gasteiger partial charge >= 0.3 is 0 Å². The number of piperazine rings is 1. The van der Waals surface area contributed by atoms with Gasteiger partial charge in [-0.15, -0.1) is 17.5 Å². The van der Waals surface area contributed by atoms with Crippen LogP contribution in [-0.2, 0) is 6.54 Å². The van der Waals surface area contributed by atoms with Crippen LogP contribution in [0.25, 0.3) is 0 Å². The fourth-order valence-electron chi connectivity index (χ4n) is 4.19. The van der Waals surface area contributed by atoms with E-state index in [-0.39, 0.29) is 36.0 Å². The van der Waals surface area contributed by atoms with Crippen LogP contribution in [0.4, 0.5) is 8.78 Å². The van der Waals surface area contributed by atoms with E-state index in [2.05, 4.69) is 20.4 Å². The molecule has 1 saturated heterocycles. The van der Waals surface area contributed by atoms with Crippen molar-refractivity contribution in [1.29, 1.82) is 0 Å². The van der Waals surface area contributed by atoms with Crippen LogP contribution in [0.5, 0.6) is 0 Å². The first-order valence-electron chi connectivity index (χ1n) is 10.9. The number of tetrazole rings is 1. The van der Waals surface area contributed by atoms with Gasteiger partial charge < -0.3 is 9.32 Å². The van der Waals surface area contributed by atoms with Gasteiger partial charge in [0.1, 0.15) is 11.6 Å². The Kier molecular flexibility index (Phi) is 7.52. The van der Waals surface area contributed by atoms with E-state index in [0.717, 1.165) is 11.1 Å². The van der Waals surface area contributed by atoms with Gasteiger partial charge in [0.05, 0.1) is 18.8 Å². The van der Waals surface area contributed by atoms with E-state index in [9.17, 15) is 13.6 Å². The number of amides is 1. The molecule has 0 N–H and O–H groups in total. The third-order valence-corrected chi connectivity index (χ3v) is 5.93. The van der Waals surface area contributed by atoms with E-state index in [0.29, 0.717) is 44.3 Å². The van der Waals surface area contributed by atoms with Gasteiger partial charge in [-0.05, 0) is 58.0 Å². The van der Waals surface area contributed by atoms with Crippen molar-refractivity contribution in [3.63, 3.8) is 0 Å². The largest absolute Gasteiger partial charge is 0.459 e. The van der Waals surface area contributed by atoms with Crippen molar-refractivity contribution in [2.75, 3.05) is 26.2 Å². The molecule has 1 fully saturated rings. The van der Waals surface area contributed by atoms with E-state index in [1.807, 2.05) is 0 Å². The average molecular weight is 501 g/mol. The van der Waals surface area contributed by atoms with Crippen LogP contribution in [-0.4, -0.2) is 62.1 Å². The molecule has 1 atom stereocenters. The molecule has 0 spiro atoms. The fourth-order valence-corrected chi connectivity index (χ4v) is 4.19. The summed E-state index contributed by atoms with van der Waals surface area (Å²) in [5.41, 5.74) is 1.68. The molecule has 11 heteroatoms. The van der Waals surface area contributed by atoms with E-state index in [4.69, 9.17) is 4.42 Å². The van der Waals surface area contributed by atoms with Gasteiger partial charge in [-0.25, -0.2) is 13.5 Å². The molecule has 1 unspecified atom stereocenters. The summed E-state index contributed by atoms with van der Waals surface area (Å²) < 4.78 is 33.9. The SMILES string of the molecule is Cl.O=C(c1ccco1)N1CCN(C(c2ccc(F)cc2)c2nnnn2Cc2ccc(F)cc2)CC1.